The van der Waals surface area contributed by atoms with Gasteiger partial charge in [0.25, 0.3) is 0 Å². The number of unbranched alkanes of at least 4 members (excludes halogenated alkanes) is 8. The fourth-order valence-electron chi connectivity index (χ4n) is 3.22. The summed E-state index contributed by atoms with van der Waals surface area (Å²) in [6.45, 7) is 7.04. The molecule has 0 fully saturated rings. The topological polar surface area (TPSA) is 38.3 Å². The molecule has 0 aromatic heterocycles. The molecule has 0 aliphatic heterocycles. The number of allylic oxidation sites excluding steroid dienone is 3. The molecule has 0 radical (unpaired) electrons. The van der Waals surface area contributed by atoms with E-state index in [-0.39, 0.29) is 5.97 Å². The minimum Gasteiger partial charge on any atom is -0.466 e. The van der Waals surface area contributed by atoms with Crippen molar-refractivity contribution in [2.45, 2.75) is 84.0 Å². The third-order valence-electron chi connectivity index (χ3n) is 4.95. The van der Waals surface area contributed by atoms with E-state index in [2.05, 4.69) is 48.3 Å². The van der Waals surface area contributed by atoms with E-state index in [1.54, 1.807) is 0 Å². The standard InChI is InChI=1S/C26H41NO2/c1-3-5-6-7-8-9-10-11-12-13-14-15-16-23-27-25-20-17-24(18-21-25)19-22-26(28)29-4-2/h3,13-14,17-18,20-21,27H,1,4-12,15-16,19,22-23H2,2H3. The van der Waals surface area contributed by atoms with Gasteiger partial charge >= 0.3 is 5.97 Å². The third-order valence-corrected chi connectivity index (χ3v) is 4.95. The molecule has 0 aliphatic rings. The van der Waals surface area contributed by atoms with Gasteiger partial charge in [-0.15, -0.1) is 6.58 Å². The number of carbonyl (C=O) groups is 1. The predicted molar refractivity (Wildman–Crippen MR) is 125 cm³/mol. The van der Waals surface area contributed by atoms with E-state index in [1.807, 2.05) is 13.0 Å². The summed E-state index contributed by atoms with van der Waals surface area (Å²) in [5, 5.41) is 3.47. The Labute approximate surface area is 178 Å². The summed E-state index contributed by atoms with van der Waals surface area (Å²) >= 11 is 0. The number of aryl methyl sites for hydroxylation is 1. The first-order valence-electron chi connectivity index (χ1n) is 11.5. The molecule has 0 saturated carbocycles. The maximum atomic E-state index is 11.4. The largest absolute Gasteiger partial charge is 0.466 e. The van der Waals surface area contributed by atoms with Crippen LogP contribution in [-0.2, 0) is 16.0 Å². The second-order valence-corrected chi connectivity index (χ2v) is 7.53. The van der Waals surface area contributed by atoms with Gasteiger partial charge in [-0.1, -0.05) is 56.0 Å². The Morgan fingerprint density at radius 2 is 1.55 bits per heavy atom. The van der Waals surface area contributed by atoms with Crippen LogP contribution in [0, 0.1) is 0 Å². The first kappa shape index (κ1) is 25.0. The predicted octanol–water partition coefficient (Wildman–Crippen LogP) is 7.24. The van der Waals surface area contributed by atoms with E-state index < -0.39 is 0 Å². The Kier molecular flexibility index (Phi) is 15.5. The van der Waals surface area contributed by atoms with E-state index >= 15 is 0 Å². The SMILES string of the molecule is C=CCCCCCCCCC=CCCCNc1ccc(CCC(=O)OCC)cc1. The monoisotopic (exact) mass is 399 g/mol. The molecule has 1 aromatic carbocycles. The summed E-state index contributed by atoms with van der Waals surface area (Å²) < 4.78 is 4.96. The maximum absolute atomic E-state index is 11.4. The Morgan fingerprint density at radius 3 is 2.21 bits per heavy atom. The van der Waals surface area contributed by atoms with Crippen LogP contribution < -0.4 is 5.32 Å². The van der Waals surface area contributed by atoms with Crippen molar-refractivity contribution in [3.63, 3.8) is 0 Å². The smallest absolute Gasteiger partial charge is 0.306 e. The average molecular weight is 400 g/mol. The number of ether oxygens (including phenoxy) is 1. The van der Waals surface area contributed by atoms with Crippen molar-refractivity contribution in [1.82, 2.24) is 0 Å². The van der Waals surface area contributed by atoms with Gasteiger partial charge in [-0.2, -0.15) is 0 Å². The van der Waals surface area contributed by atoms with Crippen LogP contribution >= 0.6 is 0 Å². The van der Waals surface area contributed by atoms with Crippen LogP contribution in [0.1, 0.15) is 83.1 Å². The fraction of sp³-hybridized carbons (Fsp3) is 0.577. The molecular formula is C26H41NO2. The summed E-state index contributed by atoms with van der Waals surface area (Å²) in [4.78, 5) is 11.4. The number of hydrogen-bond acceptors (Lipinski definition) is 3. The molecule has 162 valence electrons. The molecule has 0 spiro atoms. The molecule has 3 nitrogen and oxygen atoms in total. The van der Waals surface area contributed by atoms with Crippen LogP contribution in [0.4, 0.5) is 5.69 Å². The van der Waals surface area contributed by atoms with Crippen LogP contribution in [0.15, 0.2) is 49.1 Å². The number of hydrogen-bond donors (Lipinski definition) is 1. The van der Waals surface area contributed by atoms with E-state index in [1.165, 1.54) is 56.9 Å². The summed E-state index contributed by atoms with van der Waals surface area (Å²) in [6, 6.07) is 8.35. The van der Waals surface area contributed by atoms with Gasteiger partial charge in [-0.25, -0.2) is 0 Å². The second kappa shape index (κ2) is 18.0. The molecule has 1 aromatic rings. The van der Waals surface area contributed by atoms with Gasteiger partial charge in [0.2, 0.25) is 0 Å². The summed E-state index contributed by atoms with van der Waals surface area (Å²) in [5.74, 6) is -0.123. The van der Waals surface area contributed by atoms with E-state index in [0.717, 1.165) is 31.5 Å². The van der Waals surface area contributed by atoms with Crippen LogP contribution in [-0.4, -0.2) is 19.1 Å². The van der Waals surface area contributed by atoms with E-state index in [9.17, 15) is 4.79 Å². The van der Waals surface area contributed by atoms with Gasteiger partial charge in [-0.05, 0) is 69.6 Å². The molecule has 0 saturated heterocycles. The van der Waals surface area contributed by atoms with Crippen molar-refractivity contribution in [2.24, 2.45) is 0 Å². The van der Waals surface area contributed by atoms with Crippen molar-refractivity contribution in [3.8, 4) is 0 Å². The Bertz CT molecular complexity index is 563. The number of anilines is 1. The van der Waals surface area contributed by atoms with Crippen molar-refractivity contribution in [3.05, 3.63) is 54.6 Å². The minimum absolute atomic E-state index is 0.123. The van der Waals surface area contributed by atoms with Gasteiger partial charge in [-0.3, -0.25) is 4.79 Å². The van der Waals surface area contributed by atoms with Crippen LogP contribution in [0.5, 0.6) is 0 Å². The molecule has 0 atom stereocenters. The Hall–Kier alpha value is -2.03. The zero-order valence-corrected chi connectivity index (χ0v) is 18.5. The molecule has 0 bridgehead atoms. The quantitative estimate of drug-likeness (QED) is 0.161. The molecule has 0 heterocycles. The maximum Gasteiger partial charge on any atom is 0.306 e. The number of carbonyl (C=O) groups excluding carboxylic acids is 1. The van der Waals surface area contributed by atoms with Gasteiger partial charge < -0.3 is 10.1 Å². The third kappa shape index (κ3) is 14.6. The number of benzene rings is 1. The van der Waals surface area contributed by atoms with Crippen LogP contribution in [0.3, 0.4) is 0 Å². The molecule has 0 aliphatic carbocycles. The zero-order chi connectivity index (χ0) is 21.0. The first-order chi connectivity index (χ1) is 14.3. The van der Waals surface area contributed by atoms with Crippen molar-refractivity contribution in [1.29, 1.82) is 0 Å². The summed E-state index contributed by atoms with van der Waals surface area (Å²) in [6.07, 6.45) is 20.6. The molecule has 1 N–H and O–H groups in total. The lowest BCUT2D eigenvalue weighted by Crippen LogP contribution is -2.05. The second-order valence-electron chi connectivity index (χ2n) is 7.53. The molecule has 0 amide bonds. The van der Waals surface area contributed by atoms with E-state index in [4.69, 9.17) is 4.74 Å². The normalized spacial score (nSPS) is 10.9. The highest BCUT2D eigenvalue weighted by Gasteiger charge is 2.02. The molecular weight excluding hydrogens is 358 g/mol. The molecule has 29 heavy (non-hydrogen) atoms. The Morgan fingerprint density at radius 1 is 0.931 bits per heavy atom. The lowest BCUT2D eigenvalue weighted by Gasteiger charge is -2.07. The fourth-order valence-corrected chi connectivity index (χ4v) is 3.22. The van der Waals surface area contributed by atoms with Crippen molar-refractivity contribution >= 4 is 11.7 Å². The highest BCUT2D eigenvalue weighted by molar-refractivity contribution is 5.69. The minimum atomic E-state index is -0.123. The summed E-state index contributed by atoms with van der Waals surface area (Å²) in [5.41, 5.74) is 2.31. The molecule has 3 heteroatoms. The van der Waals surface area contributed by atoms with Crippen LogP contribution in [0.25, 0.3) is 0 Å². The zero-order valence-electron chi connectivity index (χ0n) is 18.5. The highest BCUT2D eigenvalue weighted by Crippen LogP contribution is 2.12. The van der Waals surface area contributed by atoms with Crippen molar-refractivity contribution < 1.29 is 9.53 Å². The first-order valence-corrected chi connectivity index (χ1v) is 11.5. The summed E-state index contributed by atoms with van der Waals surface area (Å²) in [7, 11) is 0. The van der Waals surface area contributed by atoms with Gasteiger partial charge in [0.15, 0.2) is 0 Å². The lowest BCUT2D eigenvalue weighted by atomic mass is 10.1. The highest BCUT2D eigenvalue weighted by atomic mass is 16.5. The van der Waals surface area contributed by atoms with Gasteiger partial charge in [0, 0.05) is 18.7 Å². The number of esters is 1. The number of rotatable bonds is 18. The number of nitrogens with one attached hydrogen (secondary N) is 1. The van der Waals surface area contributed by atoms with Gasteiger partial charge in [0.05, 0.1) is 6.61 Å². The Balaban J connectivity index is 1.98. The average Bonchev–Trinajstić information content (AvgIpc) is 2.73. The van der Waals surface area contributed by atoms with Crippen molar-refractivity contribution in [2.75, 3.05) is 18.5 Å². The lowest BCUT2D eigenvalue weighted by molar-refractivity contribution is -0.143. The van der Waals surface area contributed by atoms with Gasteiger partial charge in [0.1, 0.15) is 0 Å². The van der Waals surface area contributed by atoms with E-state index in [0.29, 0.717) is 13.0 Å². The molecule has 1 rings (SSSR count). The molecule has 0 unspecified atom stereocenters. The van der Waals surface area contributed by atoms with Crippen LogP contribution in [0.2, 0.25) is 0 Å².